The molecule has 0 saturated carbocycles. The molecular formula is C17H18BrN3O2. The molecule has 1 amide bonds. The standard InChI is InChI=1S/C17H18BrN3O2/c18-15-10-14(16(19)21-11-15)8-4-5-9-20-17(22)23-12-13-6-2-1-3-7-13/h1-4,6-8,10-11H,5,9,12H2,(H2,19,21)(H,20,22). The summed E-state index contributed by atoms with van der Waals surface area (Å²) in [6, 6.07) is 11.4. The molecule has 6 heteroatoms. The average Bonchev–Trinajstić information content (AvgIpc) is 2.56. The molecule has 3 N–H and O–H groups in total. The lowest BCUT2D eigenvalue weighted by atomic mass is 10.2. The lowest BCUT2D eigenvalue weighted by Crippen LogP contribution is -2.24. The first-order valence-corrected chi connectivity index (χ1v) is 7.96. The van der Waals surface area contributed by atoms with Crippen LogP contribution in [0.5, 0.6) is 0 Å². The monoisotopic (exact) mass is 375 g/mol. The second kappa shape index (κ2) is 8.95. The largest absolute Gasteiger partial charge is 0.445 e. The Labute approximate surface area is 143 Å². The maximum Gasteiger partial charge on any atom is 0.407 e. The van der Waals surface area contributed by atoms with Crippen LogP contribution < -0.4 is 11.1 Å². The molecule has 0 radical (unpaired) electrons. The van der Waals surface area contributed by atoms with Crippen molar-refractivity contribution in [1.82, 2.24) is 10.3 Å². The van der Waals surface area contributed by atoms with E-state index in [9.17, 15) is 4.79 Å². The molecule has 0 spiro atoms. The van der Waals surface area contributed by atoms with Crippen LogP contribution in [0.2, 0.25) is 0 Å². The predicted octanol–water partition coefficient (Wildman–Crippen LogP) is 3.76. The predicted molar refractivity (Wildman–Crippen MR) is 94.6 cm³/mol. The molecule has 2 rings (SSSR count). The molecule has 1 heterocycles. The van der Waals surface area contributed by atoms with Gasteiger partial charge < -0.3 is 15.8 Å². The molecule has 2 aromatic rings. The van der Waals surface area contributed by atoms with Gasteiger partial charge in [0.25, 0.3) is 0 Å². The first-order valence-electron chi connectivity index (χ1n) is 7.17. The molecule has 1 aromatic heterocycles. The molecule has 1 aromatic carbocycles. The minimum absolute atomic E-state index is 0.267. The number of nitrogen functional groups attached to an aromatic ring is 1. The summed E-state index contributed by atoms with van der Waals surface area (Å²) in [6.07, 6.45) is 5.70. The Morgan fingerprint density at radius 1 is 1.35 bits per heavy atom. The smallest absolute Gasteiger partial charge is 0.407 e. The number of nitrogens with two attached hydrogens (primary N) is 1. The number of hydrogen-bond acceptors (Lipinski definition) is 4. The Kier molecular flexibility index (Phi) is 6.62. The van der Waals surface area contributed by atoms with E-state index in [1.54, 1.807) is 6.20 Å². The Morgan fingerprint density at radius 3 is 2.91 bits per heavy atom. The molecule has 0 aliphatic rings. The highest BCUT2D eigenvalue weighted by molar-refractivity contribution is 9.10. The van der Waals surface area contributed by atoms with Crippen LogP contribution in [-0.4, -0.2) is 17.6 Å². The van der Waals surface area contributed by atoms with Gasteiger partial charge in [-0.25, -0.2) is 9.78 Å². The van der Waals surface area contributed by atoms with Crippen molar-refractivity contribution in [3.05, 3.63) is 64.3 Å². The summed E-state index contributed by atoms with van der Waals surface area (Å²) in [5.41, 5.74) is 7.57. The van der Waals surface area contributed by atoms with Gasteiger partial charge in [0.15, 0.2) is 0 Å². The van der Waals surface area contributed by atoms with Gasteiger partial charge in [-0.1, -0.05) is 42.5 Å². The number of carbonyl (C=O) groups excluding carboxylic acids is 1. The number of nitrogens with one attached hydrogen (secondary N) is 1. The van der Waals surface area contributed by atoms with Crippen molar-refractivity contribution in [2.75, 3.05) is 12.3 Å². The molecule has 0 aliphatic heterocycles. The van der Waals surface area contributed by atoms with Gasteiger partial charge in [0.05, 0.1) is 0 Å². The van der Waals surface area contributed by atoms with Gasteiger partial charge in [-0.3, -0.25) is 0 Å². The normalized spacial score (nSPS) is 10.7. The number of aromatic nitrogens is 1. The highest BCUT2D eigenvalue weighted by atomic mass is 79.9. The van der Waals surface area contributed by atoms with Crippen molar-refractivity contribution in [2.45, 2.75) is 13.0 Å². The van der Waals surface area contributed by atoms with E-state index in [1.807, 2.05) is 48.6 Å². The third-order valence-corrected chi connectivity index (χ3v) is 3.44. The molecule has 23 heavy (non-hydrogen) atoms. The maximum atomic E-state index is 11.6. The Hall–Kier alpha value is -2.34. The van der Waals surface area contributed by atoms with Gasteiger partial charge in [-0.15, -0.1) is 0 Å². The Balaban J connectivity index is 1.67. The van der Waals surface area contributed by atoms with E-state index in [2.05, 4.69) is 26.2 Å². The van der Waals surface area contributed by atoms with Gasteiger partial charge in [-0.05, 0) is 34.0 Å². The number of benzene rings is 1. The molecule has 0 bridgehead atoms. The molecule has 0 unspecified atom stereocenters. The number of hydrogen-bond donors (Lipinski definition) is 2. The summed E-state index contributed by atoms with van der Waals surface area (Å²) < 4.78 is 5.99. The number of halogens is 1. The minimum Gasteiger partial charge on any atom is -0.445 e. The molecule has 0 aliphatic carbocycles. The van der Waals surface area contributed by atoms with Gasteiger partial charge in [0.2, 0.25) is 0 Å². The summed E-state index contributed by atoms with van der Waals surface area (Å²) in [4.78, 5) is 15.6. The molecule has 0 saturated heterocycles. The zero-order chi connectivity index (χ0) is 16.5. The number of anilines is 1. The lowest BCUT2D eigenvalue weighted by molar-refractivity contribution is 0.140. The molecule has 5 nitrogen and oxygen atoms in total. The quantitative estimate of drug-likeness (QED) is 0.753. The van der Waals surface area contributed by atoms with E-state index < -0.39 is 6.09 Å². The fourth-order valence-corrected chi connectivity index (χ4v) is 2.19. The Morgan fingerprint density at radius 2 is 2.13 bits per heavy atom. The van der Waals surface area contributed by atoms with Gasteiger partial charge >= 0.3 is 6.09 Å². The van der Waals surface area contributed by atoms with E-state index >= 15 is 0 Å². The number of rotatable bonds is 6. The van der Waals surface area contributed by atoms with Crippen LogP contribution in [0.4, 0.5) is 10.6 Å². The lowest BCUT2D eigenvalue weighted by Gasteiger charge is -2.06. The summed E-state index contributed by atoms with van der Waals surface area (Å²) >= 11 is 3.35. The van der Waals surface area contributed by atoms with Crippen molar-refractivity contribution >= 4 is 33.9 Å². The minimum atomic E-state index is -0.425. The summed E-state index contributed by atoms with van der Waals surface area (Å²) in [5, 5.41) is 2.70. The third kappa shape index (κ3) is 6.12. The zero-order valence-electron chi connectivity index (χ0n) is 12.5. The summed E-state index contributed by atoms with van der Waals surface area (Å²) in [7, 11) is 0. The fourth-order valence-electron chi connectivity index (χ4n) is 1.84. The first-order chi connectivity index (χ1) is 11.1. The number of amides is 1. The highest BCUT2D eigenvalue weighted by Gasteiger charge is 2.01. The van der Waals surface area contributed by atoms with Crippen LogP contribution in [0.1, 0.15) is 17.5 Å². The fraction of sp³-hybridized carbons (Fsp3) is 0.176. The Bertz CT molecular complexity index is 675. The number of pyridine rings is 1. The van der Waals surface area contributed by atoms with Gasteiger partial charge in [0.1, 0.15) is 12.4 Å². The van der Waals surface area contributed by atoms with Crippen LogP contribution >= 0.6 is 15.9 Å². The maximum absolute atomic E-state index is 11.6. The second-order valence-electron chi connectivity index (χ2n) is 4.81. The summed E-state index contributed by atoms with van der Waals surface area (Å²) in [5.74, 6) is 0.472. The molecular weight excluding hydrogens is 358 g/mol. The number of carbonyl (C=O) groups is 1. The van der Waals surface area contributed by atoms with Gasteiger partial charge in [-0.2, -0.15) is 0 Å². The van der Waals surface area contributed by atoms with Gasteiger partial charge in [0, 0.05) is 22.8 Å². The average molecular weight is 376 g/mol. The van der Waals surface area contributed by atoms with E-state index in [-0.39, 0.29) is 6.61 Å². The van der Waals surface area contributed by atoms with E-state index in [0.717, 1.165) is 15.6 Å². The SMILES string of the molecule is Nc1ncc(Br)cc1C=CCCNC(=O)OCc1ccccc1. The first kappa shape index (κ1) is 17.0. The van der Waals surface area contributed by atoms with Crippen molar-refractivity contribution in [2.24, 2.45) is 0 Å². The van der Waals surface area contributed by atoms with Crippen molar-refractivity contribution in [3.8, 4) is 0 Å². The molecule has 120 valence electrons. The zero-order valence-corrected chi connectivity index (χ0v) is 14.1. The van der Waals surface area contributed by atoms with Crippen LogP contribution in [0.25, 0.3) is 6.08 Å². The van der Waals surface area contributed by atoms with Crippen LogP contribution in [0, 0.1) is 0 Å². The number of nitrogens with zero attached hydrogens (tertiary/aromatic N) is 1. The summed E-state index contributed by atoms with van der Waals surface area (Å²) in [6.45, 7) is 0.758. The highest BCUT2D eigenvalue weighted by Crippen LogP contribution is 2.16. The molecule has 0 fully saturated rings. The van der Waals surface area contributed by atoms with Crippen LogP contribution in [0.3, 0.4) is 0 Å². The molecule has 0 atom stereocenters. The second-order valence-corrected chi connectivity index (χ2v) is 5.72. The van der Waals surface area contributed by atoms with E-state index in [1.165, 1.54) is 0 Å². The number of alkyl carbamates (subject to hydrolysis) is 1. The van der Waals surface area contributed by atoms with Crippen LogP contribution in [0.15, 0.2) is 53.1 Å². The number of ether oxygens (including phenoxy) is 1. The van der Waals surface area contributed by atoms with E-state index in [4.69, 9.17) is 10.5 Å². The van der Waals surface area contributed by atoms with E-state index in [0.29, 0.717) is 18.8 Å². The van der Waals surface area contributed by atoms with Crippen molar-refractivity contribution in [1.29, 1.82) is 0 Å². The third-order valence-electron chi connectivity index (χ3n) is 3.01. The van der Waals surface area contributed by atoms with Crippen molar-refractivity contribution < 1.29 is 9.53 Å². The van der Waals surface area contributed by atoms with Crippen LogP contribution in [-0.2, 0) is 11.3 Å². The topological polar surface area (TPSA) is 77.2 Å². The van der Waals surface area contributed by atoms with Crippen molar-refractivity contribution in [3.63, 3.8) is 0 Å².